The van der Waals surface area contributed by atoms with E-state index in [1.165, 1.54) is 19.1 Å². The summed E-state index contributed by atoms with van der Waals surface area (Å²) in [6, 6.07) is 11.0. The first-order valence-corrected chi connectivity index (χ1v) is 7.45. The van der Waals surface area contributed by atoms with Crippen LogP contribution < -0.4 is 11.1 Å². The smallest absolute Gasteiger partial charge is 0.338 e. The van der Waals surface area contributed by atoms with Crippen LogP contribution in [0.1, 0.15) is 17.3 Å². The Morgan fingerprint density at radius 3 is 2.52 bits per heavy atom. The largest absolute Gasteiger partial charge is 0.449 e. The van der Waals surface area contributed by atoms with E-state index in [0.717, 1.165) is 0 Å². The van der Waals surface area contributed by atoms with Gasteiger partial charge in [0.15, 0.2) is 6.10 Å². The topological polar surface area (TPSA) is 81.4 Å². The molecule has 0 aliphatic carbocycles. The maximum absolute atomic E-state index is 12.1. The van der Waals surface area contributed by atoms with Crippen LogP contribution in [-0.2, 0) is 9.53 Å². The maximum Gasteiger partial charge on any atom is 0.338 e. The molecule has 1 amide bonds. The van der Waals surface area contributed by atoms with E-state index in [2.05, 4.69) is 5.32 Å². The summed E-state index contributed by atoms with van der Waals surface area (Å²) in [4.78, 5) is 24.0. The van der Waals surface area contributed by atoms with Gasteiger partial charge in [0.1, 0.15) is 0 Å². The van der Waals surface area contributed by atoms with Crippen molar-refractivity contribution in [2.45, 2.75) is 13.0 Å². The molecule has 7 heteroatoms. The number of nitrogens with one attached hydrogen (secondary N) is 1. The zero-order valence-corrected chi connectivity index (χ0v) is 13.7. The normalized spacial score (nSPS) is 11.6. The Balaban J connectivity index is 1.99. The van der Waals surface area contributed by atoms with E-state index in [-0.39, 0.29) is 5.56 Å². The van der Waals surface area contributed by atoms with Crippen LogP contribution >= 0.6 is 23.2 Å². The fraction of sp³-hybridized carbons (Fsp3) is 0.125. The van der Waals surface area contributed by atoms with E-state index in [1.807, 2.05) is 0 Å². The third-order valence-electron chi connectivity index (χ3n) is 2.96. The Morgan fingerprint density at radius 1 is 1.13 bits per heavy atom. The molecule has 3 N–H and O–H groups in total. The molecule has 0 saturated heterocycles. The van der Waals surface area contributed by atoms with E-state index >= 15 is 0 Å². The number of esters is 1. The molecule has 1 unspecified atom stereocenters. The van der Waals surface area contributed by atoms with Crippen molar-refractivity contribution < 1.29 is 14.3 Å². The molecular formula is C16H14Cl2N2O3. The second kappa shape index (κ2) is 7.35. The maximum atomic E-state index is 12.1. The first-order valence-electron chi connectivity index (χ1n) is 6.69. The van der Waals surface area contributed by atoms with E-state index in [1.54, 1.807) is 30.3 Å². The summed E-state index contributed by atoms with van der Waals surface area (Å²) in [6.45, 7) is 1.47. The first kappa shape index (κ1) is 17.1. The Bertz CT molecular complexity index is 750. The molecule has 0 spiro atoms. The molecule has 0 aliphatic rings. The molecule has 0 saturated carbocycles. The number of ether oxygens (including phenoxy) is 1. The fourth-order valence-electron chi connectivity index (χ4n) is 1.77. The lowest BCUT2D eigenvalue weighted by Gasteiger charge is -2.14. The van der Waals surface area contributed by atoms with E-state index in [4.69, 9.17) is 33.7 Å². The van der Waals surface area contributed by atoms with Gasteiger partial charge in [0, 0.05) is 11.4 Å². The minimum atomic E-state index is -0.988. The lowest BCUT2D eigenvalue weighted by Crippen LogP contribution is -2.30. The van der Waals surface area contributed by atoms with Gasteiger partial charge in [0.05, 0.1) is 15.6 Å². The highest BCUT2D eigenvalue weighted by atomic mass is 35.5. The SMILES string of the molecule is CC(OC(=O)c1cccc(N)c1)C(=O)Nc1ccc(Cl)c(Cl)c1. The number of rotatable bonds is 4. The number of carbonyl (C=O) groups excluding carboxylic acids is 2. The summed E-state index contributed by atoms with van der Waals surface area (Å²) in [7, 11) is 0. The molecule has 0 aliphatic heterocycles. The molecular weight excluding hydrogens is 339 g/mol. The number of anilines is 2. The molecule has 0 bridgehead atoms. The Morgan fingerprint density at radius 2 is 1.87 bits per heavy atom. The van der Waals surface area contributed by atoms with E-state index in [0.29, 0.717) is 21.4 Å². The van der Waals surface area contributed by atoms with Crippen LogP contribution in [0.4, 0.5) is 11.4 Å². The van der Waals surface area contributed by atoms with Crippen LogP contribution in [0.3, 0.4) is 0 Å². The third kappa shape index (κ3) is 4.61. The summed E-state index contributed by atoms with van der Waals surface area (Å²) in [6.07, 6.45) is -0.988. The van der Waals surface area contributed by atoms with E-state index in [9.17, 15) is 9.59 Å². The Labute approximate surface area is 143 Å². The van der Waals surface area contributed by atoms with Gasteiger partial charge in [-0.1, -0.05) is 29.3 Å². The molecule has 0 fully saturated rings. The van der Waals surface area contributed by atoms with Crippen molar-refractivity contribution in [1.82, 2.24) is 0 Å². The van der Waals surface area contributed by atoms with Gasteiger partial charge in [0.2, 0.25) is 0 Å². The van der Waals surface area contributed by atoms with Gasteiger partial charge in [-0.15, -0.1) is 0 Å². The number of carbonyl (C=O) groups is 2. The van der Waals surface area contributed by atoms with Crippen molar-refractivity contribution in [1.29, 1.82) is 0 Å². The highest BCUT2D eigenvalue weighted by Gasteiger charge is 2.19. The van der Waals surface area contributed by atoms with Crippen LogP contribution in [0.2, 0.25) is 10.0 Å². The third-order valence-corrected chi connectivity index (χ3v) is 3.70. The molecule has 0 aromatic heterocycles. The van der Waals surface area contributed by atoms with Crippen molar-refractivity contribution in [3.63, 3.8) is 0 Å². The molecule has 0 heterocycles. The lowest BCUT2D eigenvalue weighted by molar-refractivity contribution is -0.123. The Hall–Kier alpha value is -2.24. The van der Waals surface area contributed by atoms with Crippen molar-refractivity contribution >= 4 is 46.5 Å². The number of nitrogens with two attached hydrogens (primary N) is 1. The van der Waals surface area contributed by atoms with Gasteiger partial charge in [-0.25, -0.2) is 4.79 Å². The molecule has 2 aromatic rings. The molecule has 23 heavy (non-hydrogen) atoms. The van der Waals surface area contributed by atoms with Crippen LogP contribution in [0, 0.1) is 0 Å². The van der Waals surface area contributed by atoms with Crippen LogP contribution in [0.25, 0.3) is 0 Å². The first-order chi connectivity index (χ1) is 10.9. The van der Waals surface area contributed by atoms with E-state index < -0.39 is 18.0 Å². The predicted octanol–water partition coefficient (Wildman–Crippen LogP) is 3.76. The van der Waals surface area contributed by atoms with Crippen molar-refractivity contribution in [3.05, 3.63) is 58.1 Å². The second-order valence-corrected chi connectivity index (χ2v) is 5.61. The van der Waals surface area contributed by atoms with Gasteiger partial charge in [-0.3, -0.25) is 4.79 Å². The molecule has 1 atom stereocenters. The highest BCUT2D eigenvalue weighted by molar-refractivity contribution is 6.42. The monoisotopic (exact) mass is 352 g/mol. The molecule has 2 aromatic carbocycles. The van der Waals surface area contributed by atoms with Gasteiger partial charge in [-0.05, 0) is 43.3 Å². The highest BCUT2D eigenvalue weighted by Crippen LogP contribution is 2.25. The standard InChI is InChI=1S/C16H14Cl2N2O3/c1-9(23-16(22)10-3-2-4-11(19)7-10)15(21)20-12-5-6-13(17)14(18)8-12/h2-9H,19H2,1H3,(H,20,21). The lowest BCUT2D eigenvalue weighted by atomic mass is 10.2. The summed E-state index contributed by atoms with van der Waals surface area (Å²) >= 11 is 11.7. The molecule has 120 valence electrons. The Kier molecular flexibility index (Phi) is 5.47. The van der Waals surface area contributed by atoms with Crippen LogP contribution in [-0.4, -0.2) is 18.0 Å². The molecule has 2 rings (SSSR count). The number of halogens is 2. The average molecular weight is 353 g/mol. The van der Waals surface area contributed by atoms with Crippen molar-refractivity contribution in [3.8, 4) is 0 Å². The number of benzene rings is 2. The summed E-state index contributed by atoms with van der Waals surface area (Å²) in [5.41, 5.74) is 6.77. The average Bonchev–Trinajstić information content (AvgIpc) is 2.50. The van der Waals surface area contributed by atoms with Gasteiger partial charge < -0.3 is 15.8 Å². The summed E-state index contributed by atoms with van der Waals surface area (Å²) in [5.74, 6) is -1.12. The quantitative estimate of drug-likeness (QED) is 0.648. The number of nitrogen functional groups attached to an aromatic ring is 1. The van der Waals surface area contributed by atoms with Crippen LogP contribution in [0.5, 0.6) is 0 Å². The number of hydrogen-bond donors (Lipinski definition) is 2. The molecule has 0 radical (unpaired) electrons. The number of hydrogen-bond acceptors (Lipinski definition) is 4. The summed E-state index contributed by atoms with van der Waals surface area (Å²) < 4.78 is 5.11. The van der Waals surface area contributed by atoms with Gasteiger partial charge in [-0.2, -0.15) is 0 Å². The summed E-state index contributed by atoms with van der Waals surface area (Å²) in [5, 5.41) is 3.29. The van der Waals surface area contributed by atoms with Crippen LogP contribution in [0.15, 0.2) is 42.5 Å². The van der Waals surface area contributed by atoms with Gasteiger partial charge >= 0.3 is 5.97 Å². The zero-order valence-electron chi connectivity index (χ0n) is 12.2. The fourth-order valence-corrected chi connectivity index (χ4v) is 2.06. The second-order valence-electron chi connectivity index (χ2n) is 4.79. The van der Waals surface area contributed by atoms with Crippen molar-refractivity contribution in [2.24, 2.45) is 0 Å². The predicted molar refractivity (Wildman–Crippen MR) is 90.8 cm³/mol. The van der Waals surface area contributed by atoms with Crippen molar-refractivity contribution in [2.75, 3.05) is 11.1 Å². The zero-order chi connectivity index (χ0) is 17.0. The minimum absolute atomic E-state index is 0.277. The molecule has 5 nitrogen and oxygen atoms in total. The number of amides is 1. The van der Waals surface area contributed by atoms with Gasteiger partial charge in [0.25, 0.3) is 5.91 Å². The minimum Gasteiger partial charge on any atom is -0.449 e.